The molecule has 0 saturated heterocycles. The van der Waals surface area contributed by atoms with Crippen LogP contribution in [0.2, 0.25) is 0 Å². The summed E-state index contributed by atoms with van der Waals surface area (Å²) in [5.41, 5.74) is -1.96. The zero-order chi connectivity index (χ0) is 13.9. The van der Waals surface area contributed by atoms with Crippen LogP contribution in [0.25, 0.3) is 0 Å². The van der Waals surface area contributed by atoms with Crippen LogP contribution in [0.15, 0.2) is 15.8 Å². The first kappa shape index (κ1) is 14.5. The minimum Gasteiger partial charge on any atom is -0.294 e. The molecule has 0 aromatic carbocycles. The normalized spacial score (nSPS) is 12.4. The van der Waals surface area contributed by atoms with Gasteiger partial charge in [-0.3, -0.25) is 24.0 Å². The number of aromatic nitrogens is 2. The molecule has 0 amide bonds. The Hall–Kier alpha value is -1.57. The molecule has 0 fully saturated rings. The molecule has 0 aliphatic heterocycles. The predicted molar refractivity (Wildman–Crippen MR) is 70.3 cm³/mol. The van der Waals surface area contributed by atoms with Gasteiger partial charge in [0.25, 0.3) is 0 Å². The van der Waals surface area contributed by atoms with Gasteiger partial charge in [-0.25, -0.2) is 4.79 Å². The SMILES string of the molecule is CCn1cc([N+](=O)[O-])c(=O)n(CC(C)CS)c1=O. The van der Waals surface area contributed by atoms with Crippen molar-refractivity contribution in [2.24, 2.45) is 5.92 Å². The maximum Gasteiger partial charge on any atom is 0.350 e. The molecule has 8 heteroatoms. The number of nitro groups is 1. The third kappa shape index (κ3) is 2.81. The monoisotopic (exact) mass is 273 g/mol. The van der Waals surface area contributed by atoms with E-state index in [4.69, 9.17) is 0 Å². The Kier molecular flexibility index (Phi) is 4.71. The molecule has 1 aromatic heterocycles. The van der Waals surface area contributed by atoms with Crippen LogP contribution in [-0.2, 0) is 13.1 Å². The smallest absolute Gasteiger partial charge is 0.294 e. The maximum absolute atomic E-state index is 11.9. The Morgan fingerprint density at radius 2 is 2.11 bits per heavy atom. The Bertz CT molecular complexity index is 563. The van der Waals surface area contributed by atoms with Crippen molar-refractivity contribution in [2.45, 2.75) is 26.9 Å². The van der Waals surface area contributed by atoms with Crippen molar-refractivity contribution in [2.75, 3.05) is 5.75 Å². The standard InChI is InChI=1S/C10H15N3O4S/c1-3-11-5-8(13(16)17)9(14)12(10(11)15)4-7(2)6-18/h5,7,18H,3-4,6H2,1-2H3. The van der Waals surface area contributed by atoms with Gasteiger partial charge in [0.2, 0.25) is 0 Å². The lowest BCUT2D eigenvalue weighted by Crippen LogP contribution is -2.41. The highest BCUT2D eigenvalue weighted by atomic mass is 32.1. The Morgan fingerprint density at radius 1 is 1.50 bits per heavy atom. The minimum absolute atomic E-state index is 0.0222. The molecule has 100 valence electrons. The summed E-state index contributed by atoms with van der Waals surface area (Å²) in [5, 5.41) is 10.8. The van der Waals surface area contributed by atoms with Crippen LogP contribution in [0, 0.1) is 16.0 Å². The largest absolute Gasteiger partial charge is 0.350 e. The van der Waals surface area contributed by atoms with Gasteiger partial charge in [-0.15, -0.1) is 0 Å². The fourth-order valence-corrected chi connectivity index (χ4v) is 1.64. The highest BCUT2D eigenvalue weighted by Crippen LogP contribution is 2.03. The summed E-state index contributed by atoms with van der Waals surface area (Å²) in [6.07, 6.45) is 0.993. The molecule has 1 rings (SSSR count). The molecule has 1 heterocycles. The summed E-state index contributed by atoms with van der Waals surface area (Å²) in [6, 6.07) is 0. The molecule has 1 unspecified atom stereocenters. The molecular weight excluding hydrogens is 258 g/mol. The van der Waals surface area contributed by atoms with Gasteiger partial charge in [-0.2, -0.15) is 12.6 Å². The van der Waals surface area contributed by atoms with Gasteiger partial charge >= 0.3 is 16.9 Å². The molecular formula is C10H15N3O4S. The van der Waals surface area contributed by atoms with Crippen molar-refractivity contribution < 1.29 is 4.92 Å². The third-order valence-electron chi connectivity index (χ3n) is 2.56. The molecule has 18 heavy (non-hydrogen) atoms. The Balaban J connectivity index is 3.48. The van der Waals surface area contributed by atoms with E-state index in [-0.39, 0.29) is 19.0 Å². The second-order valence-corrected chi connectivity index (χ2v) is 4.41. The van der Waals surface area contributed by atoms with E-state index < -0.39 is 21.9 Å². The summed E-state index contributed by atoms with van der Waals surface area (Å²) >= 11 is 4.07. The van der Waals surface area contributed by atoms with E-state index in [1.165, 1.54) is 0 Å². The fourth-order valence-electron chi connectivity index (χ4n) is 1.52. The highest BCUT2D eigenvalue weighted by Gasteiger charge is 2.20. The van der Waals surface area contributed by atoms with Crippen LogP contribution < -0.4 is 11.2 Å². The van der Waals surface area contributed by atoms with Crippen molar-refractivity contribution >= 4 is 18.3 Å². The number of aryl methyl sites for hydroxylation is 1. The van der Waals surface area contributed by atoms with E-state index >= 15 is 0 Å². The second-order valence-electron chi connectivity index (χ2n) is 4.04. The molecule has 1 atom stereocenters. The van der Waals surface area contributed by atoms with Gasteiger partial charge in [-0.1, -0.05) is 6.92 Å². The number of thiol groups is 1. The van der Waals surface area contributed by atoms with E-state index in [0.717, 1.165) is 15.3 Å². The molecule has 0 radical (unpaired) electrons. The van der Waals surface area contributed by atoms with Gasteiger partial charge in [0.05, 0.1) is 11.1 Å². The number of rotatable bonds is 5. The first-order valence-electron chi connectivity index (χ1n) is 5.51. The molecule has 0 aliphatic carbocycles. The van der Waals surface area contributed by atoms with Gasteiger partial charge in [0.15, 0.2) is 0 Å². The third-order valence-corrected chi connectivity index (χ3v) is 3.19. The second kappa shape index (κ2) is 5.85. The lowest BCUT2D eigenvalue weighted by atomic mass is 10.2. The highest BCUT2D eigenvalue weighted by molar-refractivity contribution is 7.80. The average Bonchev–Trinajstić information content (AvgIpc) is 2.33. The summed E-state index contributed by atoms with van der Waals surface area (Å²) < 4.78 is 2.06. The van der Waals surface area contributed by atoms with Crippen molar-refractivity contribution in [3.63, 3.8) is 0 Å². The number of nitrogens with zero attached hydrogens (tertiary/aromatic N) is 3. The molecule has 0 saturated carbocycles. The molecule has 0 bridgehead atoms. The summed E-state index contributed by atoms with van der Waals surface area (Å²) in [4.78, 5) is 33.8. The van der Waals surface area contributed by atoms with Crippen molar-refractivity contribution in [1.82, 2.24) is 9.13 Å². The van der Waals surface area contributed by atoms with Gasteiger partial charge in [-0.05, 0) is 18.6 Å². The zero-order valence-electron chi connectivity index (χ0n) is 10.2. The summed E-state index contributed by atoms with van der Waals surface area (Å²) in [6.45, 7) is 3.90. The zero-order valence-corrected chi connectivity index (χ0v) is 11.1. The van der Waals surface area contributed by atoms with Crippen LogP contribution in [0.1, 0.15) is 13.8 Å². The minimum atomic E-state index is -0.858. The Labute approximate surface area is 109 Å². The fraction of sp³-hybridized carbons (Fsp3) is 0.600. The molecule has 0 spiro atoms. The summed E-state index contributed by atoms with van der Waals surface area (Å²) in [7, 11) is 0. The van der Waals surface area contributed by atoms with Crippen molar-refractivity contribution in [1.29, 1.82) is 0 Å². The lowest BCUT2D eigenvalue weighted by molar-refractivity contribution is -0.387. The van der Waals surface area contributed by atoms with E-state index in [2.05, 4.69) is 12.6 Å². The quantitative estimate of drug-likeness (QED) is 0.481. The van der Waals surface area contributed by atoms with E-state index in [1.54, 1.807) is 6.92 Å². The molecule has 0 N–H and O–H groups in total. The van der Waals surface area contributed by atoms with E-state index in [1.807, 2.05) is 6.92 Å². The first-order valence-corrected chi connectivity index (χ1v) is 6.15. The number of hydrogen-bond donors (Lipinski definition) is 1. The van der Waals surface area contributed by atoms with Crippen LogP contribution in [0.3, 0.4) is 0 Å². The topological polar surface area (TPSA) is 87.1 Å². The van der Waals surface area contributed by atoms with Crippen LogP contribution in [-0.4, -0.2) is 19.8 Å². The lowest BCUT2D eigenvalue weighted by Gasteiger charge is -2.11. The van der Waals surface area contributed by atoms with Gasteiger partial charge in [0, 0.05) is 13.1 Å². The average molecular weight is 273 g/mol. The van der Waals surface area contributed by atoms with E-state index in [0.29, 0.717) is 5.75 Å². The molecule has 0 aliphatic rings. The predicted octanol–water partition coefficient (Wildman–Crippen LogP) is 0.504. The molecule has 1 aromatic rings. The first-order chi connectivity index (χ1) is 8.42. The van der Waals surface area contributed by atoms with Crippen molar-refractivity contribution in [3.05, 3.63) is 37.1 Å². The molecule has 7 nitrogen and oxygen atoms in total. The summed E-state index contributed by atoms with van der Waals surface area (Å²) in [5.74, 6) is 0.465. The van der Waals surface area contributed by atoms with Gasteiger partial charge in [0.1, 0.15) is 0 Å². The van der Waals surface area contributed by atoms with E-state index in [9.17, 15) is 19.7 Å². The Morgan fingerprint density at radius 3 is 2.56 bits per heavy atom. The van der Waals surface area contributed by atoms with Crippen molar-refractivity contribution in [3.8, 4) is 0 Å². The van der Waals surface area contributed by atoms with Gasteiger partial charge < -0.3 is 0 Å². The maximum atomic E-state index is 11.9. The van der Waals surface area contributed by atoms with Crippen LogP contribution in [0.5, 0.6) is 0 Å². The van der Waals surface area contributed by atoms with Crippen LogP contribution >= 0.6 is 12.6 Å². The van der Waals surface area contributed by atoms with Crippen LogP contribution in [0.4, 0.5) is 5.69 Å². The number of hydrogen-bond acceptors (Lipinski definition) is 5.